The lowest BCUT2D eigenvalue weighted by atomic mass is 10.2. The predicted octanol–water partition coefficient (Wildman–Crippen LogP) is 4.77. The first kappa shape index (κ1) is 17.7. The Bertz CT molecular complexity index is 1130. The summed E-state index contributed by atoms with van der Waals surface area (Å²) in [6.07, 6.45) is -4.78. The highest BCUT2D eigenvalue weighted by molar-refractivity contribution is 7.71. The Balaban J connectivity index is 2.48. The molecule has 0 saturated carbocycles. The van der Waals surface area contributed by atoms with Gasteiger partial charge in [-0.2, -0.15) is 13.2 Å². The Morgan fingerprint density at radius 3 is 2.48 bits per heavy atom. The molecule has 3 rings (SSSR count). The van der Waals surface area contributed by atoms with Crippen LogP contribution in [0.4, 0.5) is 17.6 Å². The van der Waals surface area contributed by atoms with Crippen molar-refractivity contribution in [2.45, 2.75) is 13.1 Å². The third-order valence-corrected chi connectivity index (χ3v) is 4.38. The number of benzene rings is 1. The standard InChI is InChI=1S/C15H9ClF4N2O2S/c1-6-3-7-12(9(17)4-8(16)13(7)24-6)22-11(23)5-10(15(18,19)20)21(2)14(22)25/h3-5H,1-2H3. The Hall–Kier alpha value is -2.13. The summed E-state index contributed by atoms with van der Waals surface area (Å²) in [6, 6.07) is 2.71. The minimum Gasteiger partial charge on any atom is -0.460 e. The van der Waals surface area contributed by atoms with Crippen LogP contribution in [0.2, 0.25) is 5.02 Å². The molecule has 0 unspecified atom stereocenters. The van der Waals surface area contributed by atoms with Gasteiger partial charge in [0.05, 0.1) is 10.7 Å². The number of rotatable bonds is 1. The fourth-order valence-electron chi connectivity index (χ4n) is 2.57. The average Bonchev–Trinajstić information content (AvgIpc) is 2.87. The molecule has 0 aliphatic carbocycles. The maximum atomic E-state index is 14.5. The van der Waals surface area contributed by atoms with Crippen molar-refractivity contribution >= 4 is 34.8 Å². The van der Waals surface area contributed by atoms with E-state index in [1.807, 2.05) is 0 Å². The van der Waals surface area contributed by atoms with Crippen LogP contribution < -0.4 is 5.56 Å². The van der Waals surface area contributed by atoms with Crippen LogP contribution >= 0.6 is 23.8 Å². The number of fused-ring (bicyclic) bond motifs is 1. The van der Waals surface area contributed by atoms with E-state index >= 15 is 0 Å². The van der Waals surface area contributed by atoms with Crippen molar-refractivity contribution in [1.29, 1.82) is 0 Å². The second-order valence-electron chi connectivity index (χ2n) is 5.33. The van der Waals surface area contributed by atoms with Crippen LogP contribution in [0.1, 0.15) is 11.5 Å². The topological polar surface area (TPSA) is 40.1 Å². The normalized spacial score (nSPS) is 12.1. The third-order valence-electron chi connectivity index (χ3n) is 3.64. The van der Waals surface area contributed by atoms with E-state index in [4.69, 9.17) is 28.2 Å². The van der Waals surface area contributed by atoms with Gasteiger partial charge in [-0.1, -0.05) is 11.6 Å². The van der Waals surface area contributed by atoms with E-state index in [0.717, 1.165) is 13.1 Å². The summed E-state index contributed by atoms with van der Waals surface area (Å²) in [4.78, 5) is 12.3. The minimum atomic E-state index is -4.78. The van der Waals surface area contributed by atoms with Crippen LogP contribution in [0.5, 0.6) is 0 Å². The van der Waals surface area contributed by atoms with E-state index in [-0.39, 0.29) is 21.7 Å². The van der Waals surface area contributed by atoms with E-state index in [2.05, 4.69) is 0 Å². The Kier molecular flexibility index (Phi) is 4.03. The van der Waals surface area contributed by atoms with Crippen molar-refractivity contribution < 1.29 is 22.0 Å². The van der Waals surface area contributed by atoms with Gasteiger partial charge in [-0.15, -0.1) is 0 Å². The zero-order valence-corrected chi connectivity index (χ0v) is 14.3. The van der Waals surface area contributed by atoms with Crippen molar-refractivity contribution in [3.63, 3.8) is 0 Å². The highest BCUT2D eigenvalue weighted by Gasteiger charge is 2.35. The molecule has 0 aliphatic rings. The molecule has 132 valence electrons. The van der Waals surface area contributed by atoms with E-state index < -0.39 is 28.0 Å². The van der Waals surface area contributed by atoms with Crippen LogP contribution in [-0.4, -0.2) is 9.13 Å². The van der Waals surface area contributed by atoms with Gasteiger partial charge in [-0.05, 0) is 31.3 Å². The molecular formula is C15H9ClF4N2O2S. The number of nitrogens with zero attached hydrogens (tertiary/aromatic N) is 2. The van der Waals surface area contributed by atoms with Crippen LogP contribution in [-0.2, 0) is 13.2 Å². The lowest BCUT2D eigenvalue weighted by Crippen LogP contribution is -2.28. The Labute approximate surface area is 147 Å². The number of aryl methyl sites for hydroxylation is 1. The number of hydrogen-bond donors (Lipinski definition) is 0. The smallest absolute Gasteiger partial charge is 0.431 e. The molecule has 4 nitrogen and oxygen atoms in total. The summed E-state index contributed by atoms with van der Waals surface area (Å²) in [5.74, 6) is -0.523. The van der Waals surface area contributed by atoms with Gasteiger partial charge in [-0.25, -0.2) is 8.96 Å². The molecule has 0 amide bonds. The molecule has 10 heteroatoms. The SMILES string of the molecule is Cc1cc2c(-n3c(=O)cc(C(F)(F)F)n(C)c3=S)c(F)cc(Cl)c2o1. The molecule has 2 aromatic heterocycles. The zero-order chi connectivity index (χ0) is 18.7. The largest absolute Gasteiger partial charge is 0.460 e. The minimum absolute atomic E-state index is 0.0281. The second kappa shape index (κ2) is 5.70. The fraction of sp³-hybridized carbons (Fsp3) is 0.200. The van der Waals surface area contributed by atoms with Crippen LogP contribution in [0.25, 0.3) is 16.7 Å². The van der Waals surface area contributed by atoms with Crippen LogP contribution in [0.3, 0.4) is 0 Å². The van der Waals surface area contributed by atoms with Gasteiger partial charge < -0.3 is 8.98 Å². The Morgan fingerprint density at radius 1 is 1.24 bits per heavy atom. The van der Waals surface area contributed by atoms with Gasteiger partial charge in [0.25, 0.3) is 5.56 Å². The van der Waals surface area contributed by atoms with Gasteiger partial charge in [0.15, 0.2) is 10.4 Å². The summed E-state index contributed by atoms with van der Waals surface area (Å²) in [7, 11) is 1.05. The number of furan rings is 1. The quantitative estimate of drug-likeness (QED) is 0.442. The van der Waals surface area contributed by atoms with Gasteiger partial charge in [-0.3, -0.25) is 4.79 Å². The third kappa shape index (κ3) is 2.77. The van der Waals surface area contributed by atoms with Crippen molar-refractivity contribution in [3.8, 4) is 5.69 Å². The summed E-state index contributed by atoms with van der Waals surface area (Å²) in [5.41, 5.74) is -2.54. The lowest BCUT2D eigenvalue weighted by molar-refractivity contribution is -0.143. The van der Waals surface area contributed by atoms with Crippen molar-refractivity contribution in [2.24, 2.45) is 7.05 Å². The van der Waals surface area contributed by atoms with Crippen LogP contribution in [0, 0.1) is 17.5 Å². The van der Waals surface area contributed by atoms with E-state index in [1.54, 1.807) is 6.92 Å². The van der Waals surface area contributed by atoms with Crippen molar-refractivity contribution in [1.82, 2.24) is 9.13 Å². The summed E-state index contributed by atoms with van der Waals surface area (Å²) < 4.78 is 59.7. The van der Waals surface area contributed by atoms with Gasteiger partial charge in [0.2, 0.25) is 0 Å². The molecule has 0 fully saturated rings. The summed E-state index contributed by atoms with van der Waals surface area (Å²) in [5, 5.41) is 0.107. The number of aromatic nitrogens is 2. The predicted molar refractivity (Wildman–Crippen MR) is 86.3 cm³/mol. The fourth-order valence-corrected chi connectivity index (χ4v) is 3.09. The van der Waals surface area contributed by atoms with E-state index in [1.165, 1.54) is 6.07 Å². The molecular weight excluding hydrogens is 384 g/mol. The molecule has 0 spiro atoms. The molecule has 0 N–H and O–H groups in total. The van der Waals surface area contributed by atoms with Gasteiger partial charge in [0, 0.05) is 18.5 Å². The second-order valence-corrected chi connectivity index (χ2v) is 6.10. The first-order valence-electron chi connectivity index (χ1n) is 6.81. The molecule has 25 heavy (non-hydrogen) atoms. The summed E-state index contributed by atoms with van der Waals surface area (Å²) in [6.45, 7) is 1.59. The monoisotopic (exact) mass is 392 g/mol. The number of hydrogen-bond acceptors (Lipinski definition) is 3. The van der Waals surface area contributed by atoms with E-state index in [9.17, 15) is 22.4 Å². The van der Waals surface area contributed by atoms with Crippen molar-refractivity contribution in [2.75, 3.05) is 0 Å². The molecule has 2 heterocycles. The molecule has 0 atom stereocenters. The number of halogens is 5. The zero-order valence-electron chi connectivity index (χ0n) is 12.7. The highest BCUT2D eigenvalue weighted by atomic mass is 35.5. The van der Waals surface area contributed by atoms with Gasteiger partial charge >= 0.3 is 6.18 Å². The molecule has 0 bridgehead atoms. The first-order chi connectivity index (χ1) is 11.5. The Morgan fingerprint density at radius 2 is 1.88 bits per heavy atom. The lowest BCUT2D eigenvalue weighted by Gasteiger charge is -2.16. The van der Waals surface area contributed by atoms with E-state index in [0.29, 0.717) is 21.0 Å². The van der Waals surface area contributed by atoms with Gasteiger partial charge in [0.1, 0.15) is 17.3 Å². The molecule has 0 aliphatic heterocycles. The van der Waals surface area contributed by atoms with Crippen molar-refractivity contribution in [3.05, 3.63) is 55.6 Å². The first-order valence-corrected chi connectivity index (χ1v) is 7.59. The molecule has 3 aromatic rings. The summed E-state index contributed by atoms with van der Waals surface area (Å²) >= 11 is 10.9. The van der Waals surface area contributed by atoms with Crippen LogP contribution in [0.15, 0.2) is 27.4 Å². The average molecular weight is 393 g/mol. The molecule has 0 radical (unpaired) electrons. The number of alkyl halides is 3. The maximum Gasteiger partial charge on any atom is 0.431 e. The molecule has 0 saturated heterocycles. The maximum absolute atomic E-state index is 14.5. The highest BCUT2D eigenvalue weighted by Crippen LogP contribution is 2.34. The molecule has 1 aromatic carbocycles.